The molecule has 1 aromatic carbocycles. The highest BCUT2D eigenvalue weighted by Crippen LogP contribution is 2.16. The van der Waals surface area contributed by atoms with Crippen molar-refractivity contribution in [2.24, 2.45) is 0 Å². The summed E-state index contributed by atoms with van der Waals surface area (Å²) >= 11 is 5.96. The molecule has 0 radical (unpaired) electrons. The van der Waals surface area contributed by atoms with Gasteiger partial charge in [0.15, 0.2) is 0 Å². The highest BCUT2D eigenvalue weighted by atomic mass is 35.5. The van der Waals surface area contributed by atoms with Crippen LogP contribution in [0.25, 0.3) is 0 Å². The Labute approximate surface area is 119 Å². The molecule has 0 amide bonds. The van der Waals surface area contributed by atoms with Gasteiger partial charge in [0.1, 0.15) is 0 Å². The molecular weight excluding hydrogens is 284 g/mol. The Morgan fingerprint density at radius 3 is 2.63 bits per heavy atom. The zero-order chi connectivity index (χ0) is 13.9. The molecule has 4 nitrogen and oxygen atoms in total. The number of likely N-dealkylation sites (tertiary alicyclic amines) is 1. The summed E-state index contributed by atoms with van der Waals surface area (Å²) in [7, 11) is -3.09. The number of halogens is 1. The van der Waals surface area contributed by atoms with Crippen LogP contribution in [0.3, 0.4) is 0 Å². The molecule has 1 fully saturated rings. The number of sulfonamides is 1. The van der Waals surface area contributed by atoms with Crippen molar-refractivity contribution in [1.82, 2.24) is 9.62 Å². The van der Waals surface area contributed by atoms with Crippen LogP contribution in [0.1, 0.15) is 18.4 Å². The normalized spacial score (nSPS) is 18.6. The van der Waals surface area contributed by atoms with Crippen molar-refractivity contribution in [1.29, 1.82) is 0 Å². The number of hydrogen-bond donors (Lipinski definition) is 1. The minimum atomic E-state index is -3.09. The van der Waals surface area contributed by atoms with Crippen molar-refractivity contribution in [2.45, 2.75) is 25.4 Å². The van der Waals surface area contributed by atoms with Crippen LogP contribution in [0.5, 0.6) is 0 Å². The SMILES string of the molecule is CS(=O)(=O)NC1CCN(Cc2cccc(Cl)c2)CC1. The average molecular weight is 303 g/mol. The third-order valence-electron chi connectivity index (χ3n) is 3.26. The summed E-state index contributed by atoms with van der Waals surface area (Å²) < 4.78 is 25.0. The third kappa shape index (κ3) is 5.10. The van der Waals surface area contributed by atoms with Crippen molar-refractivity contribution < 1.29 is 8.42 Å². The molecule has 1 aliphatic rings. The lowest BCUT2D eigenvalue weighted by Gasteiger charge is -2.31. The molecule has 0 unspecified atom stereocenters. The molecule has 1 aliphatic heterocycles. The maximum Gasteiger partial charge on any atom is 0.208 e. The van der Waals surface area contributed by atoms with Crippen LogP contribution in [0, 0.1) is 0 Å². The van der Waals surface area contributed by atoms with E-state index in [2.05, 4.69) is 15.7 Å². The van der Waals surface area contributed by atoms with E-state index in [4.69, 9.17) is 11.6 Å². The highest BCUT2D eigenvalue weighted by molar-refractivity contribution is 7.88. The molecule has 1 heterocycles. The van der Waals surface area contributed by atoms with Gasteiger partial charge in [0.25, 0.3) is 0 Å². The summed E-state index contributed by atoms with van der Waals surface area (Å²) in [6.45, 7) is 2.67. The molecule has 0 atom stereocenters. The Bertz CT molecular complexity index is 525. The molecule has 0 aromatic heterocycles. The summed E-state index contributed by atoms with van der Waals surface area (Å²) in [4.78, 5) is 2.33. The van der Waals surface area contributed by atoms with E-state index in [9.17, 15) is 8.42 Å². The number of rotatable bonds is 4. The average Bonchev–Trinajstić information content (AvgIpc) is 2.30. The second-order valence-corrected chi connectivity index (χ2v) is 7.29. The van der Waals surface area contributed by atoms with Gasteiger partial charge in [-0.25, -0.2) is 13.1 Å². The summed E-state index contributed by atoms with van der Waals surface area (Å²) in [5, 5.41) is 0.756. The van der Waals surface area contributed by atoms with Gasteiger partial charge in [-0.3, -0.25) is 4.90 Å². The predicted octanol–water partition coefficient (Wildman–Crippen LogP) is 1.85. The smallest absolute Gasteiger partial charge is 0.208 e. The van der Waals surface area contributed by atoms with Gasteiger partial charge in [-0.15, -0.1) is 0 Å². The zero-order valence-corrected chi connectivity index (χ0v) is 12.5. The first-order valence-corrected chi connectivity index (χ1v) is 8.63. The fourth-order valence-electron chi connectivity index (χ4n) is 2.41. The Morgan fingerprint density at radius 1 is 1.37 bits per heavy atom. The maximum atomic E-state index is 11.2. The van der Waals surface area contributed by atoms with E-state index in [0.717, 1.165) is 37.5 Å². The van der Waals surface area contributed by atoms with Gasteiger partial charge in [0.05, 0.1) is 6.26 Å². The fourth-order valence-corrected chi connectivity index (χ4v) is 3.46. The lowest BCUT2D eigenvalue weighted by Crippen LogP contribution is -2.43. The zero-order valence-electron chi connectivity index (χ0n) is 11.0. The van der Waals surface area contributed by atoms with Gasteiger partial charge in [-0.05, 0) is 30.5 Å². The fraction of sp³-hybridized carbons (Fsp3) is 0.538. The number of nitrogens with zero attached hydrogens (tertiary/aromatic N) is 1. The number of piperidine rings is 1. The monoisotopic (exact) mass is 302 g/mol. The highest BCUT2D eigenvalue weighted by Gasteiger charge is 2.21. The number of benzene rings is 1. The predicted molar refractivity (Wildman–Crippen MR) is 77.7 cm³/mol. The largest absolute Gasteiger partial charge is 0.299 e. The van der Waals surface area contributed by atoms with Gasteiger partial charge >= 0.3 is 0 Å². The quantitative estimate of drug-likeness (QED) is 0.923. The minimum absolute atomic E-state index is 0.0746. The van der Waals surface area contributed by atoms with E-state index >= 15 is 0 Å². The topological polar surface area (TPSA) is 49.4 Å². The van der Waals surface area contributed by atoms with Gasteiger partial charge in [-0.1, -0.05) is 23.7 Å². The Kier molecular flexibility index (Phi) is 4.84. The van der Waals surface area contributed by atoms with E-state index in [0.29, 0.717) is 0 Å². The molecule has 6 heteroatoms. The molecule has 1 N–H and O–H groups in total. The molecule has 2 rings (SSSR count). The van der Waals surface area contributed by atoms with Gasteiger partial charge in [0, 0.05) is 30.7 Å². The lowest BCUT2D eigenvalue weighted by molar-refractivity contribution is 0.200. The molecule has 0 bridgehead atoms. The minimum Gasteiger partial charge on any atom is -0.299 e. The van der Waals surface area contributed by atoms with Crippen molar-refractivity contribution >= 4 is 21.6 Å². The van der Waals surface area contributed by atoms with Crippen LogP contribution in [0.2, 0.25) is 5.02 Å². The Hall–Kier alpha value is -0.620. The summed E-state index contributed by atoms with van der Waals surface area (Å²) in [6.07, 6.45) is 2.92. The van der Waals surface area contributed by atoms with Crippen LogP contribution in [0.4, 0.5) is 0 Å². The Balaban J connectivity index is 1.84. The lowest BCUT2D eigenvalue weighted by atomic mass is 10.1. The standard InChI is InChI=1S/C13H19ClN2O2S/c1-19(17,18)15-13-5-7-16(8-6-13)10-11-3-2-4-12(14)9-11/h2-4,9,13,15H,5-8,10H2,1H3. The van der Waals surface area contributed by atoms with Crippen molar-refractivity contribution in [3.05, 3.63) is 34.9 Å². The first-order valence-electron chi connectivity index (χ1n) is 6.36. The van der Waals surface area contributed by atoms with E-state index < -0.39 is 10.0 Å². The Morgan fingerprint density at radius 2 is 2.05 bits per heavy atom. The molecule has 19 heavy (non-hydrogen) atoms. The van der Waals surface area contributed by atoms with E-state index in [1.807, 2.05) is 18.2 Å². The van der Waals surface area contributed by atoms with E-state index in [1.54, 1.807) is 0 Å². The summed E-state index contributed by atoms with van der Waals surface area (Å²) in [6, 6.07) is 7.93. The second-order valence-electron chi connectivity index (χ2n) is 5.07. The second kappa shape index (κ2) is 6.22. The molecule has 0 saturated carbocycles. The summed E-state index contributed by atoms with van der Waals surface area (Å²) in [5.74, 6) is 0. The molecule has 1 saturated heterocycles. The van der Waals surface area contributed by atoms with Crippen LogP contribution >= 0.6 is 11.6 Å². The van der Waals surface area contributed by atoms with Crippen molar-refractivity contribution in [3.8, 4) is 0 Å². The van der Waals surface area contributed by atoms with Gasteiger partial charge in [-0.2, -0.15) is 0 Å². The third-order valence-corrected chi connectivity index (χ3v) is 4.26. The van der Waals surface area contributed by atoms with Gasteiger partial charge < -0.3 is 0 Å². The molecule has 0 spiro atoms. The van der Waals surface area contributed by atoms with Crippen molar-refractivity contribution in [2.75, 3.05) is 19.3 Å². The molecule has 1 aromatic rings. The number of nitrogens with one attached hydrogen (secondary N) is 1. The van der Waals surface area contributed by atoms with Crippen LogP contribution in [0.15, 0.2) is 24.3 Å². The first-order chi connectivity index (χ1) is 8.92. The molecule has 0 aliphatic carbocycles. The van der Waals surface area contributed by atoms with E-state index in [1.165, 1.54) is 11.8 Å². The van der Waals surface area contributed by atoms with Crippen LogP contribution in [-0.2, 0) is 16.6 Å². The molecular formula is C13H19ClN2O2S. The number of hydrogen-bond acceptors (Lipinski definition) is 3. The maximum absolute atomic E-state index is 11.2. The van der Waals surface area contributed by atoms with Crippen LogP contribution in [-0.4, -0.2) is 38.7 Å². The molecule has 106 valence electrons. The first kappa shape index (κ1) is 14.8. The van der Waals surface area contributed by atoms with E-state index in [-0.39, 0.29) is 6.04 Å². The van der Waals surface area contributed by atoms with Crippen molar-refractivity contribution in [3.63, 3.8) is 0 Å². The summed E-state index contributed by atoms with van der Waals surface area (Å²) in [5.41, 5.74) is 1.20. The van der Waals surface area contributed by atoms with Crippen LogP contribution < -0.4 is 4.72 Å². The van der Waals surface area contributed by atoms with Gasteiger partial charge in [0.2, 0.25) is 10.0 Å².